The van der Waals surface area contributed by atoms with Crippen molar-refractivity contribution in [3.8, 4) is 5.75 Å². The molecule has 1 heterocycles. The van der Waals surface area contributed by atoms with E-state index in [4.69, 9.17) is 23.7 Å². The summed E-state index contributed by atoms with van der Waals surface area (Å²) in [6.45, 7) is 2.85. The molecule has 1 aliphatic rings. The lowest BCUT2D eigenvalue weighted by Gasteiger charge is -2.33. The van der Waals surface area contributed by atoms with Crippen molar-refractivity contribution in [1.29, 1.82) is 0 Å². The van der Waals surface area contributed by atoms with Crippen LogP contribution in [0.25, 0.3) is 0 Å². The average Bonchev–Trinajstić information content (AvgIpc) is 3.12. The minimum Gasteiger partial charge on any atom is -0.462 e. The SMILES string of the molecule is Cc1ccccc1O[C@@H]1O[C@H](COCc2ccccc2)[C@@H](OCc2ccccc2)[C@H](OCc2ccccc2)C(O)[C@@H]1O. The highest BCUT2D eigenvalue weighted by Gasteiger charge is 2.48. The number of para-hydroxylation sites is 1. The standard InChI is InChI=1S/C35H38O7/c1-25-13-11-12-20-29(25)41-35-32(37)31(36)34(40-23-28-18-9-4-10-19-28)33(39-22-27-16-7-3-8-17-27)30(42-35)24-38-21-26-14-5-2-6-15-26/h2-20,30-37H,21-24H2,1H3/t30-,31?,32+,33-,34-,35-/m1/s1. The molecule has 0 amide bonds. The number of rotatable bonds is 12. The zero-order chi connectivity index (χ0) is 29.1. The molecule has 0 aromatic heterocycles. The second kappa shape index (κ2) is 15.1. The Bertz CT molecular complexity index is 1340. The molecule has 2 N–H and O–H groups in total. The molecule has 0 spiro atoms. The molecule has 1 unspecified atom stereocenters. The molecule has 220 valence electrons. The Kier molecular flexibility index (Phi) is 10.7. The molecule has 5 rings (SSSR count). The molecular formula is C35H38O7. The van der Waals surface area contributed by atoms with Crippen molar-refractivity contribution in [2.45, 2.75) is 63.6 Å². The third-order valence-corrected chi connectivity index (χ3v) is 7.27. The number of aliphatic hydroxyl groups is 2. The van der Waals surface area contributed by atoms with Crippen LogP contribution in [-0.2, 0) is 38.8 Å². The van der Waals surface area contributed by atoms with Crippen molar-refractivity contribution in [2.24, 2.45) is 0 Å². The fourth-order valence-electron chi connectivity index (χ4n) is 4.93. The lowest BCUT2D eigenvalue weighted by atomic mass is 10.00. The van der Waals surface area contributed by atoms with Gasteiger partial charge in [0, 0.05) is 0 Å². The zero-order valence-corrected chi connectivity index (χ0v) is 23.7. The zero-order valence-electron chi connectivity index (χ0n) is 23.7. The van der Waals surface area contributed by atoms with Gasteiger partial charge in [-0.3, -0.25) is 0 Å². The van der Waals surface area contributed by atoms with Gasteiger partial charge in [0.1, 0.15) is 36.3 Å². The fourth-order valence-corrected chi connectivity index (χ4v) is 4.93. The maximum Gasteiger partial charge on any atom is 0.229 e. The highest BCUT2D eigenvalue weighted by atomic mass is 16.7. The van der Waals surface area contributed by atoms with E-state index in [1.165, 1.54) is 0 Å². The van der Waals surface area contributed by atoms with Gasteiger partial charge in [-0.1, -0.05) is 109 Å². The highest BCUT2D eigenvalue weighted by Crippen LogP contribution is 2.30. The Morgan fingerprint density at radius 2 is 1.10 bits per heavy atom. The highest BCUT2D eigenvalue weighted by molar-refractivity contribution is 5.32. The first-order valence-electron chi connectivity index (χ1n) is 14.2. The van der Waals surface area contributed by atoms with Crippen molar-refractivity contribution >= 4 is 0 Å². The average molecular weight is 571 g/mol. The molecule has 0 bridgehead atoms. The van der Waals surface area contributed by atoms with E-state index in [0.717, 1.165) is 22.3 Å². The topological polar surface area (TPSA) is 86.6 Å². The van der Waals surface area contributed by atoms with Crippen LogP contribution >= 0.6 is 0 Å². The molecule has 6 atom stereocenters. The van der Waals surface area contributed by atoms with Gasteiger partial charge in [0.05, 0.1) is 26.4 Å². The van der Waals surface area contributed by atoms with Gasteiger partial charge >= 0.3 is 0 Å². The normalized spacial score (nSPS) is 24.2. The summed E-state index contributed by atoms with van der Waals surface area (Å²) in [5, 5.41) is 22.9. The summed E-state index contributed by atoms with van der Waals surface area (Å²) in [4.78, 5) is 0. The largest absolute Gasteiger partial charge is 0.462 e. The van der Waals surface area contributed by atoms with Crippen molar-refractivity contribution < 1.29 is 33.9 Å². The van der Waals surface area contributed by atoms with Crippen LogP contribution in [0.5, 0.6) is 5.75 Å². The summed E-state index contributed by atoms with van der Waals surface area (Å²) in [5.41, 5.74) is 3.77. The Balaban J connectivity index is 1.43. The van der Waals surface area contributed by atoms with E-state index < -0.39 is 36.8 Å². The smallest absolute Gasteiger partial charge is 0.229 e. The molecule has 7 nitrogen and oxygen atoms in total. The van der Waals surface area contributed by atoms with Crippen LogP contribution < -0.4 is 4.74 Å². The molecule has 4 aromatic carbocycles. The predicted molar refractivity (Wildman–Crippen MR) is 159 cm³/mol. The molecule has 0 saturated carbocycles. The number of hydrogen-bond acceptors (Lipinski definition) is 7. The van der Waals surface area contributed by atoms with E-state index in [1.807, 2.05) is 116 Å². The van der Waals surface area contributed by atoms with Gasteiger partial charge in [-0.2, -0.15) is 0 Å². The van der Waals surface area contributed by atoms with E-state index in [-0.39, 0.29) is 19.8 Å². The maximum atomic E-state index is 11.5. The third kappa shape index (κ3) is 8.04. The van der Waals surface area contributed by atoms with Crippen LogP contribution in [0, 0.1) is 6.92 Å². The molecule has 0 radical (unpaired) electrons. The van der Waals surface area contributed by atoms with Crippen LogP contribution in [0.3, 0.4) is 0 Å². The molecule has 7 heteroatoms. The first kappa shape index (κ1) is 29.9. The number of aryl methyl sites for hydroxylation is 1. The van der Waals surface area contributed by atoms with Crippen LogP contribution in [0.2, 0.25) is 0 Å². The van der Waals surface area contributed by atoms with Crippen molar-refractivity contribution in [1.82, 2.24) is 0 Å². The van der Waals surface area contributed by atoms with Crippen LogP contribution in [-0.4, -0.2) is 53.6 Å². The summed E-state index contributed by atoms with van der Waals surface area (Å²) in [7, 11) is 0. The molecule has 4 aromatic rings. The van der Waals surface area contributed by atoms with Crippen LogP contribution in [0.15, 0.2) is 115 Å². The molecule has 1 fully saturated rings. The second-order valence-corrected chi connectivity index (χ2v) is 10.4. The van der Waals surface area contributed by atoms with Gasteiger partial charge in [-0.15, -0.1) is 0 Å². The van der Waals surface area contributed by atoms with E-state index >= 15 is 0 Å². The summed E-state index contributed by atoms with van der Waals surface area (Å²) in [6, 6.07) is 36.7. The van der Waals surface area contributed by atoms with Crippen LogP contribution in [0.4, 0.5) is 0 Å². The van der Waals surface area contributed by atoms with E-state index in [2.05, 4.69) is 0 Å². The van der Waals surface area contributed by atoms with Gasteiger partial charge in [0.2, 0.25) is 6.29 Å². The number of benzene rings is 4. The number of hydrogen-bond donors (Lipinski definition) is 2. The number of ether oxygens (including phenoxy) is 5. The minimum atomic E-state index is -1.42. The lowest BCUT2D eigenvalue weighted by molar-refractivity contribution is -0.206. The predicted octanol–water partition coefficient (Wildman–Crippen LogP) is 5.21. The molecule has 0 aliphatic carbocycles. The molecule has 1 aliphatic heterocycles. The van der Waals surface area contributed by atoms with Gasteiger partial charge in [-0.25, -0.2) is 0 Å². The second-order valence-electron chi connectivity index (χ2n) is 10.4. The van der Waals surface area contributed by atoms with Crippen LogP contribution in [0.1, 0.15) is 22.3 Å². The Hall–Kier alpha value is -3.56. The Morgan fingerprint density at radius 3 is 1.67 bits per heavy atom. The summed E-state index contributed by atoms with van der Waals surface area (Å²) < 4.78 is 31.5. The summed E-state index contributed by atoms with van der Waals surface area (Å²) in [6.07, 6.45) is -6.46. The lowest BCUT2D eigenvalue weighted by Crippen LogP contribution is -2.50. The maximum absolute atomic E-state index is 11.5. The Labute approximate surface area is 247 Å². The first-order valence-corrected chi connectivity index (χ1v) is 14.2. The molecular weight excluding hydrogens is 532 g/mol. The third-order valence-electron chi connectivity index (χ3n) is 7.27. The Morgan fingerprint density at radius 1 is 0.595 bits per heavy atom. The summed E-state index contributed by atoms with van der Waals surface area (Å²) in [5.74, 6) is 0.545. The van der Waals surface area contributed by atoms with E-state index in [1.54, 1.807) is 6.07 Å². The van der Waals surface area contributed by atoms with Crippen molar-refractivity contribution in [3.63, 3.8) is 0 Å². The van der Waals surface area contributed by atoms with E-state index in [0.29, 0.717) is 12.4 Å². The van der Waals surface area contributed by atoms with Gasteiger partial charge in [0.15, 0.2) is 0 Å². The minimum absolute atomic E-state index is 0.118. The fraction of sp³-hybridized carbons (Fsp3) is 0.314. The van der Waals surface area contributed by atoms with Crippen molar-refractivity contribution in [3.05, 3.63) is 138 Å². The summed E-state index contributed by atoms with van der Waals surface area (Å²) >= 11 is 0. The monoisotopic (exact) mass is 570 g/mol. The van der Waals surface area contributed by atoms with Crippen molar-refractivity contribution in [2.75, 3.05) is 6.61 Å². The number of aliphatic hydroxyl groups excluding tert-OH is 2. The first-order chi connectivity index (χ1) is 20.6. The van der Waals surface area contributed by atoms with Gasteiger partial charge < -0.3 is 33.9 Å². The molecule has 1 saturated heterocycles. The molecule has 42 heavy (non-hydrogen) atoms. The van der Waals surface area contributed by atoms with Gasteiger partial charge in [0.25, 0.3) is 0 Å². The quantitative estimate of drug-likeness (QED) is 0.242. The van der Waals surface area contributed by atoms with Gasteiger partial charge in [-0.05, 0) is 35.2 Å². The van der Waals surface area contributed by atoms with E-state index in [9.17, 15) is 10.2 Å².